The second-order valence-electron chi connectivity index (χ2n) is 3.77. The highest BCUT2D eigenvalue weighted by atomic mass is 16.4. The lowest BCUT2D eigenvalue weighted by Gasteiger charge is -1.99. The van der Waals surface area contributed by atoms with Gasteiger partial charge in [-0.2, -0.15) is 0 Å². The predicted octanol–water partition coefficient (Wildman–Crippen LogP) is 1.87. The molecule has 1 N–H and O–H groups in total. The fraction of sp³-hybridized carbons (Fsp3) is 0.700. The number of rotatable bonds is 5. The van der Waals surface area contributed by atoms with Crippen molar-refractivity contribution in [1.82, 2.24) is 10.3 Å². The highest BCUT2D eigenvalue weighted by molar-refractivity contribution is 4.90. The first-order valence-electron chi connectivity index (χ1n) is 4.96. The first-order valence-corrected chi connectivity index (χ1v) is 4.96. The smallest absolute Gasteiger partial charge is 0.208 e. The Morgan fingerprint density at radius 3 is 3.08 bits per heavy atom. The van der Waals surface area contributed by atoms with Crippen LogP contribution in [-0.2, 0) is 6.54 Å². The molecule has 1 aliphatic carbocycles. The van der Waals surface area contributed by atoms with Gasteiger partial charge in [-0.3, -0.25) is 0 Å². The molecular formula is C10H16N2O. The van der Waals surface area contributed by atoms with Crippen molar-refractivity contribution in [3.63, 3.8) is 0 Å². The van der Waals surface area contributed by atoms with Crippen LogP contribution in [0.25, 0.3) is 0 Å². The molecule has 0 amide bonds. The van der Waals surface area contributed by atoms with Crippen LogP contribution in [0.5, 0.6) is 0 Å². The minimum atomic E-state index is 0.764. The molecule has 0 radical (unpaired) electrons. The first kappa shape index (κ1) is 8.75. The van der Waals surface area contributed by atoms with Gasteiger partial charge in [-0.1, -0.05) is 12.8 Å². The van der Waals surface area contributed by atoms with Crippen molar-refractivity contribution in [3.05, 3.63) is 17.8 Å². The van der Waals surface area contributed by atoms with Gasteiger partial charge in [0.25, 0.3) is 0 Å². The molecule has 0 saturated heterocycles. The summed E-state index contributed by atoms with van der Waals surface area (Å²) in [5, 5.41) is 3.33. The molecule has 1 heterocycles. The van der Waals surface area contributed by atoms with Gasteiger partial charge in [-0.05, 0) is 25.8 Å². The largest absolute Gasteiger partial charge is 0.445 e. The van der Waals surface area contributed by atoms with Crippen molar-refractivity contribution in [1.29, 1.82) is 0 Å². The molecule has 0 bridgehead atoms. The average molecular weight is 180 g/mol. The van der Waals surface area contributed by atoms with Gasteiger partial charge >= 0.3 is 0 Å². The van der Waals surface area contributed by atoms with Crippen LogP contribution in [0, 0.1) is 12.8 Å². The molecule has 3 nitrogen and oxygen atoms in total. The fourth-order valence-electron chi connectivity index (χ4n) is 1.39. The van der Waals surface area contributed by atoms with Crippen molar-refractivity contribution in [3.8, 4) is 0 Å². The number of nitrogens with zero attached hydrogens (tertiary/aromatic N) is 1. The molecule has 1 aromatic heterocycles. The van der Waals surface area contributed by atoms with Gasteiger partial charge in [-0.15, -0.1) is 0 Å². The van der Waals surface area contributed by atoms with Crippen LogP contribution < -0.4 is 5.32 Å². The highest BCUT2D eigenvalue weighted by Crippen LogP contribution is 2.31. The number of oxazole rings is 1. The lowest BCUT2D eigenvalue weighted by Crippen LogP contribution is -2.15. The van der Waals surface area contributed by atoms with E-state index in [4.69, 9.17) is 4.42 Å². The third kappa shape index (κ3) is 2.84. The summed E-state index contributed by atoms with van der Waals surface area (Å²) in [6, 6.07) is 0. The normalized spacial score (nSPS) is 16.4. The average Bonchev–Trinajstić information content (AvgIpc) is 2.84. The molecule has 0 unspecified atom stereocenters. The zero-order valence-electron chi connectivity index (χ0n) is 8.05. The van der Waals surface area contributed by atoms with E-state index < -0.39 is 0 Å². The third-order valence-electron chi connectivity index (χ3n) is 2.37. The summed E-state index contributed by atoms with van der Waals surface area (Å²) < 4.78 is 5.33. The molecule has 1 saturated carbocycles. The standard InChI is InChI=1S/C10H16N2O/c1-8-6-12-10(13-8)7-11-5-4-9-2-3-9/h6,9,11H,2-5,7H2,1H3. The van der Waals surface area contributed by atoms with Gasteiger partial charge in [0.05, 0.1) is 12.7 Å². The van der Waals surface area contributed by atoms with E-state index >= 15 is 0 Å². The maximum Gasteiger partial charge on any atom is 0.208 e. The van der Waals surface area contributed by atoms with E-state index in [9.17, 15) is 0 Å². The van der Waals surface area contributed by atoms with Crippen molar-refractivity contribution in [2.75, 3.05) is 6.54 Å². The molecule has 72 valence electrons. The van der Waals surface area contributed by atoms with Gasteiger partial charge in [-0.25, -0.2) is 4.98 Å². The lowest BCUT2D eigenvalue weighted by molar-refractivity contribution is 0.446. The SMILES string of the molecule is Cc1cnc(CNCCC2CC2)o1. The molecule has 0 spiro atoms. The molecule has 3 heteroatoms. The number of nitrogens with one attached hydrogen (secondary N) is 1. The fourth-order valence-corrected chi connectivity index (χ4v) is 1.39. The Bertz CT molecular complexity index is 266. The zero-order valence-corrected chi connectivity index (χ0v) is 8.05. The Balaban J connectivity index is 1.61. The predicted molar refractivity (Wildman–Crippen MR) is 50.3 cm³/mol. The van der Waals surface area contributed by atoms with E-state index in [1.54, 1.807) is 6.20 Å². The van der Waals surface area contributed by atoms with Crippen LogP contribution in [0.15, 0.2) is 10.6 Å². The molecule has 0 aromatic carbocycles. The van der Waals surface area contributed by atoms with Crippen LogP contribution >= 0.6 is 0 Å². The van der Waals surface area contributed by atoms with Gasteiger partial charge in [0.1, 0.15) is 5.76 Å². The summed E-state index contributed by atoms with van der Waals surface area (Å²) >= 11 is 0. The van der Waals surface area contributed by atoms with E-state index in [1.807, 2.05) is 6.92 Å². The van der Waals surface area contributed by atoms with Crippen molar-refractivity contribution < 1.29 is 4.42 Å². The summed E-state index contributed by atoms with van der Waals surface area (Å²) in [7, 11) is 0. The highest BCUT2D eigenvalue weighted by Gasteiger charge is 2.19. The van der Waals surface area contributed by atoms with Crippen LogP contribution in [0.2, 0.25) is 0 Å². The maximum atomic E-state index is 5.33. The minimum absolute atomic E-state index is 0.764. The molecule has 0 aliphatic heterocycles. The molecule has 1 aliphatic rings. The Morgan fingerprint density at radius 1 is 1.62 bits per heavy atom. The maximum absolute atomic E-state index is 5.33. The molecule has 2 rings (SSSR count). The Kier molecular flexibility index (Phi) is 2.64. The van der Waals surface area contributed by atoms with Crippen molar-refractivity contribution in [2.24, 2.45) is 5.92 Å². The number of aryl methyl sites for hydroxylation is 1. The summed E-state index contributed by atoms with van der Waals surface area (Å²) in [5.41, 5.74) is 0. The topological polar surface area (TPSA) is 38.1 Å². The minimum Gasteiger partial charge on any atom is -0.445 e. The number of aromatic nitrogens is 1. The van der Waals surface area contributed by atoms with E-state index in [2.05, 4.69) is 10.3 Å². The van der Waals surface area contributed by atoms with E-state index in [0.717, 1.165) is 30.7 Å². The molecule has 1 fully saturated rings. The third-order valence-corrected chi connectivity index (χ3v) is 2.37. The summed E-state index contributed by atoms with van der Waals surface area (Å²) in [5.74, 6) is 2.69. The van der Waals surface area contributed by atoms with Gasteiger partial charge in [0.15, 0.2) is 0 Å². The number of hydrogen-bond acceptors (Lipinski definition) is 3. The quantitative estimate of drug-likeness (QED) is 0.703. The second-order valence-corrected chi connectivity index (χ2v) is 3.77. The molecule has 13 heavy (non-hydrogen) atoms. The van der Waals surface area contributed by atoms with Crippen LogP contribution in [0.3, 0.4) is 0 Å². The first-order chi connectivity index (χ1) is 6.34. The van der Waals surface area contributed by atoms with Gasteiger partial charge < -0.3 is 9.73 Å². The van der Waals surface area contributed by atoms with Crippen LogP contribution in [0.4, 0.5) is 0 Å². The molecular weight excluding hydrogens is 164 g/mol. The van der Waals surface area contributed by atoms with Crippen molar-refractivity contribution >= 4 is 0 Å². The molecule has 0 atom stereocenters. The summed E-state index contributed by atoms with van der Waals surface area (Å²) in [6.07, 6.45) is 5.93. The van der Waals surface area contributed by atoms with Gasteiger partial charge in [0.2, 0.25) is 5.89 Å². The monoisotopic (exact) mass is 180 g/mol. The van der Waals surface area contributed by atoms with E-state index in [1.165, 1.54) is 19.3 Å². The van der Waals surface area contributed by atoms with Gasteiger partial charge in [0, 0.05) is 0 Å². The summed E-state index contributed by atoms with van der Waals surface area (Å²) in [6.45, 7) is 3.77. The van der Waals surface area contributed by atoms with E-state index in [-0.39, 0.29) is 0 Å². The van der Waals surface area contributed by atoms with Crippen molar-refractivity contribution in [2.45, 2.75) is 32.7 Å². The van der Waals surface area contributed by atoms with E-state index in [0.29, 0.717) is 0 Å². The van der Waals surface area contributed by atoms with Crippen LogP contribution in [-0.4, -0.2) is 11.5 Å². The lowest BCUT2D eigenvalue weighted by atomic mass is 10.3. The van der Waals surface area contributed by atoms with Crippen LogP contribution in [0.1, 0.15) is 30.9 Å². The number of hydrogen-bond donors (Lipinski definition) is 1. The summed E-state index contributed by atoms with van der Waals surface area (Å²) in [4.78, 5) is 4.12. The Morgan fingerprint density at radius 2 is 2.46 bits per heavy atom. The zero-order chi connectivity index (χ0) is 9.10. The molecule has 1 aromatic rings. The Hall–Kier alpha value is -0.830. The second kappa shape index (κ2) is 3.92. The Labute approximate surface area is 78.5 Å².